The number of nitrogens with one attached hydrogen (secondary N) is 1. The molecular formula is C21H29NO6. The van der Waals surface area contributed by atoms with Gasteiger partial charge in [0, 0.05) is 30.4 Å². The Morgan fingerprint density at radius 1 is 1.21 bits per heavy atom. The summed E-state index contributed by atoms with van der Waals surface area (Å²) in [5.41, 5.74) is -1.40. The number of carboxylic acid groups (broad SMARTS) is 1. The number of ether oxygens (including phenoxy) is 2. The van der Waals surface area contributed by atoms with Crippen LogP contribution in [0.15, 0.2) is 24.3 Å². The molecule has 1 amide bonds. The quantitative estimate of drug-likeness (QED) is 0.470. The van der Waals surface area contributed by atoms with Gasteiger partial charge in [-0.1, -0.05) is 13.8 Å². The van der Waals surface area contributed by atoms with E-state index in [0.29, 0.717) is 30.9 Å². The van der Waals surface area contributed by atoms with Crippen molar-refractivity contribution in [3.63, 3.8) is 0 Å². The van der Waals surface area contributed by atoms with Crippen LogP contribution in [0.2, 0.25) is 0 Å². The first-order valence-electron chi connectivity index (χ1n) is 9.54. The summed E-state index contributed by atoms with van der Waals surface area (Å²) in [6.45, 7) is 7.79. The fraction of sp³-hybridized carbons (Fsp3) is 0.571. The molecule has 0 spiro atoms. The lowest BCUT2D eigenvalue weighted by Gasteiger charge is -2.58. The fourth-order valence-corrected chi connectivity index (χ4v) is 3.55. The zero-order valence-corrected chi connectivity index (χ0v) is 16.9. The molecule has 2 rings (SSSR count). The van der Waals surface area contributed by atoms with E-state index < -0.39 is 16.9 Å². The average Bonchev–Trinajstić information content (AvgIpc) is 2.64. The van der Waals surface area contributed by atoms with E-state index in [0.717, 1.165) is 0 Å². The van der Waals surface area contributed by atoms with Crippen LogP contribution in [-0.2, 0) is 14.3 Å². The van der Waals surface area contributed by atoms with Gasteiger partial charge >= 0.3 is 5.97 Å². The molecule has 7 heteroatoms. The zero-order valence-electron chi connectivity index (χ0n) is 16.9. The molecule has 1 aliphatic carbocycles. The molecule has 0 aliphatic heterocycles. The minimum absolute atomic E-state index is 0.0129. The number of carbonyl (C=O) groups is 3. The summed E-state index contributed by atoms with van der Waals surface area (Å²) in [5.74, 6) is -0.752. The SMILES string of the molecule is CCOC1CC(NC(=O)CCCOc2ccc(C(C)=O)cc2)(C(=O)O)C1(C)C. The van der Waals surface area contributed by atoms with Crippen molar-refractivity contribution in [3.05, 3.63) is 29.8 Å². The first-order chi connectivity index (χ1) is 13.1. The highest BCUT2D eigenvalue weighted by Crippen LogP contribution is 2.51. The van der Waals surface area contributed by atoms with Gasteiger partial charge in [-0.25, -0.2) is 4.79 Å². The van der Waals surface area contributed by atoms with Gasteiger partial charge in [0.1, 0.15) is 11.3 Å². The lowest BCUT2D eigenvalue weighted by atomic mass is 9.54. The van der Waals surface area contributed by atoms with Gasteiger partial charge in [-0.05, 0) is 44.5 Å². The number of amides is 1. The van der Waals surface area contributed by atoms with Crippen molar-refractivity contribution in [1.82, 2.24) is 5.32 Å². The Labute approximate surface area is 165 Å². The second-order valence-corrected chi connectivity index (χ2v) is 7.66. The van der Waals surface area contributed by atoms with Crippen LogP contribution in [0.3, 0.4) is 0 Å². The second-order valence-electron chi connectivity index (χ2n) is 7.66. The van der Waals surface area contributed by atoms with Gasteiger partial charge < -0.3 is 19.9 Å². The maximum atomic E-state index is 12.3. The monoisotopic (exact) mass is 391 g/mol. The van der Waals surface area contributed by atoms with Crippen LogP contribution in [0.25, 0.3) is 0 Å². The fourth-order valence-electron chi connectivity index (χ4n) is 3.55. The summed E-state index contributed by atoms with van der Waals surface area (Å²) in [7, 11) is 0. The van der Waals surface area contributed by atoms with Gasteiger partial charge in [-0.3, -0.25) is 9.59 Å². The van der Waals surface area contributed by atoms with E-state index >= 15 is 0 Å². The molecule has 0 radical (unpaired) electrons. The van der Waals surface area contributed by atoms with Gasteiger partial charge in [-0.15, -0.1) is 0 Å². The number of Topliss-reactive ketones (excluding diaryl/α,β-unsaturated/α-hetero) is 1. The van der Waals surface area contributed by atoms with E-state index in [4.69, 9.17) is 9.47 Å². The number of benzene rings is 1. The summed E-state index contributed by atoms with van der Waals surface area (Å²) in [6.07, 6.45) is 0.671. The first-order valence-corrected chi connectivity index (χ1v) is 9.54. The molecule has 0 bridgehead atoms. The van der Waals surface area contributed by atoms with E-state index in [1.807, 2.05) is 6.92 Å². The summed E-state index contributed by atoms with van der Waals surface area (Å²) in [4.78, 5) is 35.5. The van der Waals surface area contributed by atoms with Crippen LogP contribution in [0.4, 0.5) is 0 Å². The number of carbonyl (C=O) groups excluding carboxylic acids is 2. The maximum Gasteiger partial charge on any atom is 0.330 e. The summed E-state index contributed by atoms with van der Waals surface area (Å²) >= 11 is 0. The number of rotatable bonds is 10. The van der Waals surface area contributed by atoms with Crippen LogP contribution in [0, 0.1) is 5.41 Å². The largest absolute Gasteiger partial charge is 0.494 e. The van der Waals surface area contributed by atoms with E-state index in [1.54, 1.807) is 38.1 Å². The Morgan fingerprint density at radius 2 is 1.86 bits per heavy atom. The molecule has 154 valence electrons. The normalized spacial score (nSPS) is 22.8. The lowest BCUT2D eigenvalue weighted by Crippen LogP contribution is -2.76. The molecule has 2 N–H and O–H groups in total. The van der Waals surface area contributed by atoms with Crippen LogP contribution >= 0.6 is 0 Å². The van der Waals surface area contributed by atoms with Gasteiger partial charge in [0.05, 0.1) is 12.7 Å². The van der Waals surface area contributed by atoms with Crippen LogP contribution in [0.1, 0.15) is 57.3 Å². The lowest BCUT2D eigenvalue weighted by molar-refractivity contribution is -0.194. The number of hydrogen-bond donors (Lipinski definition) is 2. The molecule has 0 aromatic heterocycles. The van der Waals surface area contributed by atoms with Gasteiger partial charge in [0.2, 0.25) is 5.91 Å². The third-order valence-electron chi connectivity index (χ3n) is 5.56. The number of aliphatic carboxylic acids is 1. The standard InChI is InChI=1S/C21H29NO6/c1-5-27-17-13-21(19(25)26,20(17,3)4)22-18(24)7-6-12-28-16-10-8-15(9-11-16)14(2)23/h8-11,17H,5-7,12-13H2,1-4H3,(H,22,24)(H,25,26). The predicted octanol–water partition coefficient (Wildman–Crippen LogP) is 2.82. The first kappa shape index (κ1) is 21.9. The molecular weight excluding hydrogens is 362 g/mol. The average molecular weight is 391 g/mol. The van der Waals surface area contributed by atoms with Crippen LogP contribution < -0.4 is 10.1 Å². The summed E-state index contributed by atoms with van der Waals surface area (Å²) < 4.78 is 11.2. The van der Waals surface area contributed by atoms with Crippen molar-refractivity contribution in [1.29, 1.82) is 0 Å². The minimum atomic E-state index is -1.31. The molecule has 1 aliphatic rings. The Balaban J connectivity index is 1.82. The third-order valence-corrected chi connectivity index (χ3v) is 5.56. The van der Waals surface area contributed by atoms with Gasteiger partial charge in [-0.2, -0.15) is 0 Å². The van der Waals surface area contributed by atoms with Crippen molar-refractivity contribution in [3.8, 4) is 5.75 Å². The molecule has 28 heavy (non-hydrogen) atoms. The number of hydrogen-bond acceptors (Lipinski definition) is 5. The summed E-state index contributed by atoms with van der Waals surface area (Å²) in [5, 5.41) is 12.4. The van der Waals surface area contributed by atoms with Gasteiger partial charge in [0.25, 0.3) is 0 Å². The smallest absolute Gasteiger partial charge is 0.330 e. The summed E-state index contributed by atoms with van der Waals surface area (Å²) in [6, 6.07) is 6.80. The molecule has 2 atom stereocenters. The van der Waals surface area contributed by atoms with Crippen LogP contribution in [0.5, 0.6) is 5.75 Å². The van der Waals surface area contributed by atoms with Crippen molar-refractivity contribution in [2.24, 2.45) is 5.41 Å². The Kier molecular flexibility index (Phi) is 6.82. The predicted molar refractivity (Wildman–Crippen MR) is 103 cm³/mol. The molecule has 1 aromatic carbocycles. The zero-order chi connectivity index (χ0) is 20.9. The van der Waals surface area contributed by atoms with Crippen molar-refractivity contribution in [2.75, 3.05) is 13.2 Å². The van der Waals surface area contributed by atoms with Gasteiger partial charge in [0.15, 0.2) is 5.78 Å². The molecule has 0 saturated heterocycles. The molecule has 1 fully saturated rings. The van der Waals surface area contributed by atoms with Crippen molar-refractivity contribution in [2.45, 2.75) is 58.6 Å². The Hall–Kier alpha value is -2.41. The number of ketones is 1. The third kappa shape index (κ3) is 4.35. The molecule has 7 nitrogen and oxygen atoms in total. The van der Waals surface area contributed by atoms with Crippen molar-refractivity contribution >= 4 is 17.7 Å². The highest BCUT2D eigenvalue weighted by molar-refractivity contribution is 5.94. The maximum absolute atomic E-state index is 12.3. The Morgan fingerprint density at radius 3 is 2.36 bits per heavy atom. The van der Waals surface area contributed by atoms with E-state index in [9.17, 15) is 19.5 Å². The highest BCUT2D eigenvalue weighted by atomic mass is 16.5. The molecule has 0 heterocycles. The topological polar surface area (TPSA) is 102 Å². The van der Waals surface area contributed by atoms with Crippen molar-refractivity contribution < 1.29 is 29.0 Å². The van der Waals surface area contributed by atoms with E-state index in [2.05, 4.69) is 5.32 Å². The second kappa shape index (κ2) is 8.73. The minimum Gasteiger partial charge on any atom is -0.494 e. The molecule has 1 saturated carbocycles. The highest BCUT2D eigenvalue weighted by Gasteiger charge is 2.66. The molecule has 2 unspecified atom stereocenters. The van der Waals surface area contributed by atoms with E-state index in [-0.39, 0.29) is 30.6 Å². The number of carboxylic acids is 1. The Bertz CT molecular complexity index is 727. The van der Waals surface area contributed by atoms with E-state index in [1.165, 1.54) is 6.92 Å². The van der Waals surface area contributed by atoms with Crippen LogP contribution in [-0.4, -0.2) is 47.6 Å². The molecule has 1 aromatic rings.